The Hall–Kier alpha value is -1.56. The molecule has 0 aliphatic carbocycles. The van der Waals surface area contributed by atoms with Crippen LogP contribution in [0.4, 0.5) is 5.69 Å². The van der Waals surface area contributed by atoms with E-state index in [0.29, 0.717) is 5.69 Å². The highest BCUT2D eigenvalue weighted by molar-refractivity contribution is 7.93. The number of aliphatic carboxylic acids is 1. The maximum absolute atomic E-state index is 11.7. The van der Waals surface area contributed by atoms with Gasteiger partial charge in [0.25, 0.3) is 0 Å². The lowest BCUT2D eigenvalue weighted by Crippen LogP contribution is -2.32. The molecular formula is C11H15NO4S. The smallest absolute Gasteiger partial charge is 0.320 e. The van der Waals surface area contributed by atoms with Crippen molar-refractivity contribution < 1.29 is 18.3 Å². The predicted octanol–water partition coefficient (Wildman–Crippen LogP) is 1.15. The number of nitrogens with zero attached hydrogens (tertiary/aromatic N) is 1. The Balaban J connectivity index is 3.12. The molecule has 0 bridgehead atoms. The lowest BCUT2D eigenvalue weighted by Gasteiger charge is -2.19. The van der Waals surface area contributed by atoms with Crippen molar-refractivity contribution in [3.8, 4) is 0 Å². The lowest BCUT2D eigenvalue weighted by atomic mass is 10.1. The Morgan fingerprint density at radius 1 is 1.24 bits per heavy atom. The first-order valence-corrected chi connectivity index (χ1v) is 6.60. The van der Waals surface area contributed by atoms with E-state index in [-0.39, 0.29) is 0 Å². The summed E-state index contributed by atoms with van der Waals surface area (Å²) < 4.78 is 24.4. The fraction of sp³-hybridized carbons (Fsp3) is 0.364. The van der Waals surface area contributed by atoms with Crippen molar-refractivity contribution >= 4 is 21.7 Å². The van der Waals surface area contributed by atoms with Crippen LogP contribution in [0.2, 0.25) is 0 Å². The van der Waals surface area contributed by atoms with Gasteiger partial charge in [0.2, 0.25) is 10.0 Å². The van der Waals surface area contributed by atoms with Crippen LogP contribution in [0, 0.1) is 13.8 Å². The Morgan fingerprint density at radius 2 is 1.71 bits per heavy atom. The molecule has 0 amide bonds. The molecule has 17 heavy (non-hydrogen) atoms. The molecule has 0 saturated heterocycles. The highest BCUT2D eigenvalue weighted by Crippen LogP contribution is 2.20. The van der Waals surface area contributed by atoms with Crippen LogP contribution >= 0.6 is 0 Å². The number of benzene rings is 1. The number of carboxylic acids is 1. The second-order valence-electron chi connectivity index (χ2n) is 3.96. The van der Waals surface area contributed by atoms with Gasteiger partial charge in [0.15, 0.2) is 5.75 Å². The number of aryl methyl sites for hydroxylation is 2. The fourth-order valence-corrected chi connectivity index (χ4v) is 2.48. The van der Waals surface area contributed by atoms with Crippen molar-refractivity contribution in [3.05, 3.63) is 29.3 Å². The van der Waals surface area contributed by atoms with Crippen LogP contribution in [0.5, 0.6) is 0 Å². The second kappa shape index (κ2) is 4.75. The maximum Gasteiger partial charge on any atom is 0.320 e. The molecular weight excluding hydrogens is 242 g/mol. The van der Waals surface area contributed by atoms with Gasteiger partial charge in [-0.25, -0.2) is 8.42 Å². The van der Waals surface area contributed by atoms with Gasteiger partial charge in [0.05, 0.1) is 5.69 Å². The van der Waals surface area contributed by atoms with Crippen molar-refractivity contribution in [2.75, 3.05) is 17.1 Å². The maximum atomic E-state index is 11.7. The van der Waals surface area contributed by atoms with E-state index < -0.39 is 21.7 Å². The number of sulfonamides is 1. The third kappa shape index (κ3) is 3.45. The van der Waals surface area contributed by atoms with Gasteiger partial charge in [-0.15, -0.1) is 0 Å². The first-order chi connectivity index (χ1) is 7.72. The van der Waals surface area contributed by atoms with Crippen molar-refractivity contribution in [1.29, 1.82) is 0 Å². The largest absolute Gasteiger partial charge is 0.480 e. The van der Waals surface area contributed by atoms with Gasteiger partial charge in [-0.2, -0.15) is 0 Å². The fourth-order valence-electron chi connectivity index (χ4n) is 1.55. The molecule has 0 aromatic heterocycles. The molecule has 0 spiro atoms. The minimum Gasteiger partial charge on any atom is -0.480 e. The van der Waals surface area contributed by atoms with Gasteiger partial charge >= 0.3 is 5.97 Å². The summed E-state index contributed by atoms with van der Waals surface area (Å²) in [7, 11) is -2.46. The summed E-state index contributed by atoms with van der Waals surface area (Å²) in [4.78, 5) is 10.5. The Labute approximate surface area is 101 Å². The third-order valence-corrected chi connectivity index (χ3v) is 3.95. The summed E-state index contributed by atoms with van der Waals surface area (Å²) in [5.41, 5.74) is 2.33. The molecule has 5 nitrogen and oxygen atoms in total. The number of carbonyl (C=O) groups is 1. The molecule has 0 unspecified atom stereocenters. The number of hydrogen-bond donors (Lipinski definition) is 1. The van der Waals surface area contributed by atoms with Crippen molar-refractivity contribution in [2.45, 2.75) is 13.8 Å². The predicted molar refractivity (Wildman–Crippen MR) is 65.7 cm³/mol. The topological polar surface area (TPSA) is 74.7 Å². The van der Waals surface area contributed by atoms with E-state index in [9.17, 15) is 13.2 Å². The number of anilines is 1. The summed E-state index contributed by atoms with van der Waals surface area (Å²) in [6.45, 7) is 3.71. The van der Waals surface area contributed by atoms with Gasteiger partial charge in [0.1, 0.15) is 0 Å². The molecule has 1 aromatic carbocycles. The van der Waals surface area contributed by atoms with Crippen LogP contribution in [-0.2, 0) is 14.8 Å². The molecule has 0 fully saturated rings. The molecule has 0 aliphatic rings. The highest BCUT2D eigenvalue weighted by Gasteiger charge is 2.22. The molecule has 6 heteroatoms. The lowest BCUT2D eigenvalue weighted by molar-refractivity contribution is -0.134. The average molecular weight is 257 g/mol. The van der Waals surface area contributed by atoms with Crippen LogP contribution in [0.15, 0.2) is 18.2 Å². The van der Waals surface area contributed by atoms with Gasteiger partial charge in [-0.05, 0) is 37.1 Å². The van der Waals surface area contributed by atoms with E-state index in [0.717, 1.165) is 15.4 Å². The molecule has 1 aromatic rings. The summed E-state index contributed by atoms with van der Waals surface area (Å²) in [5.74, 6) is -2.27. The van der Waals surface area contributed by atoms with Crippen molar-refractivity contribution in [3.63, 3.8) is 0 Å². The highest BCUT2D eigenvalue weighted by atomic mass is 32.2. The van der Waals surface area contributed by atoms with E-state index in [4.69, 9.17) is 5.11 Å². The van der Waals surface area contributed by atoms with E-state index in [1.165, 1.54) is 7.05 Å². The number of rotatable bonds is 4. The van der Waals surface area contributed by atoms with Crippen molar-refractivity contribution in [2.24, 2.45) is 0 Å². The molecule has 94 valence electrons. The van der Waals surface area contributed by atoms with Gasteiger partial charge in [-0.1, -0.05) is 6.07 Å². The summed E-state index contributed by atoms with van der Waals surface area (Å²) in [5, 5.41) is 8.55. The summed E-state index contributed by atoms with van der Waals surface area (Å²) in [6, 6.07) is 5.32. The van der Waals surface area contributed by atoms with Crippen LogP contribution in [0.25, 0.3) is 0 Å². The molecule has 0 heterocycles. The van der Waals surface area contributed by atoms with Crippen LogP contribution in [-0.4, -0.2) is 32.3 Å². The second-order valence-corrected chi connectivity index (χ2v) is 5.96. The SMILES string of the molecule is Cc1cc(C)cc(N(C)S(=O)(=O)CC(=O)O)c1. The Morgan fingerprint density at radius 3 is 2.12 bits per heavy atom. The molecule has 1 rings (SSSR count). The van der Waals surface area contributed by atoms with Crippen molar-refractivity contribution in [1.82, 2.24) is 0 Å². The van der Waals surface area contributed by atoms with Gasteiger partial charge in [0, 0.05) is 7.05 Å². The normalized spacial score (nSPS) is 11.2. The van der Waals surface area contributed by atoms with Gasteiger partial charge in [-0.3, -0.25) is 9.10 Å². The zero-order valence-corrected chi connectivity index (χ0v) is 10.8. The van der Waals surface area contributed by atoms with E-state index >= 15 is 0 Å². The first kappa shape index (κ1) is 13.5. The third-order valence-electron chi connectivity index (χ3n) is 2.29. The first-order valence-electron chi connectivity index (χ1n) is 4.99. The Kier molecular flexibility index (Phi) is 3.77. The van der Waals surface area contributed by atoms with E-state index in [1.807, 2.05) is 19.9 Å². The minimum absolute atomic E-state index is 0.476. The van der Waals surface area contributed by atoms with Crippen LogP contribution in [0.3, 0.4) is 0 Å². The summed E-state index contributed by atoms with van der Waals surface area (Å²) >= 11 is 0. The molecule has 1 N–H and O–H groups in total. The molecule has 0 aliphatic heterocycles. The quantitative estimate of drug-likeness (QED) is 0.878. The monoisotopic (exact) mass is 257 g/mol. The zero-order valence-electron chi connectivity index (χ0n) is 9.97. The minimum atomic E-state index is -3.81. The zero-order chi connectivity index (χ0) is 13.2. The molecule has 0 atom stereocenters. The molecule has 0 radical (unpaired) electrons. The molecule has 0 saturated carbocycles. The summed E-state index contributed by atoms with van der Waals surface area (Å²) in [6.07, 6.45) is 0. The number of hydrogen-bond acceptors (Lipinski definition) is 3. The number of carboxylic acid groups (broad SMARTS) is 1. The Bertz CT molecular complexity index is 516. The van der Waals surface area contributed by atoms with Crippen LogP contribution in [0.1, 0.15) is 11.1 Å². The standard InChI is InChI=1S/C11H15NO4S/c1-8-4-9(2)6-10(5-8)12(3)17(15,16)7-11(13)14/h4-6H,7H2,1-3H3,(H,13,14). The van der Waals surface area contributed by atoms with E-state index in [2.05, 4.69) is 0 Å². The average Bonchev–Trinajstić information content (AvgIpc) is 2.12. The van der Waals surface area contributed by atoms with Gasteiger partial charge < -0.3 is 5.11 Å². The van der Waals surface area contributed by atoms with E-state index in [1.54, 1.807) is 12.1 Å². The van der Waals surface area contributed by atoms with Crippen LogP contribution < -0.4 is 4.31 Å².